The highest BCUT2D eigenvalue weighted by atomic mass is 32.1. The highest BCUT2D eigenvalue weighted by Gasteiger charge is 2.33. The van der Waals surface area contributed by atoms with E-state index in [1.165, 1.54) is 29.9 Å². The Morgan fingerprint density at radius 1 is 1.23 bits per heavy atom. The van der Waals surface area contributed by atoms with Gasteiger partial charge in [0.2, 0.25) is 5.76 Å². The molecule has 0 saturated heterocycles. The Labute approximate surface area is 183 Å². The molecule has 0 bridgehead atoms. The first kappa shape index (κ1) is 19.7. The van der Waals surface area contributed by atoms with Crippen LogP contribution in [0, 0.1) is 5.92 Å². The summed E-state index contributed by atoms with van der Waals surface area (Å²) in [5.41, 5.74) is 2.78. The number of ether oxygens (including phenoxy) is 2. The van der Waals surface area contributed by atoms with E-state index in [1.54, 1.807) is 35.6 Å². The number of nitrogens with one attached hydrogen (secondary N) is 2. The van der Waals surface area contributed by atoms with E-state index in [2.05, 4.69) is 17.6 Å². The number of hydrogen-bond acceptors (Lipinski definition) is 7. The number of hydrogen-bond donors (Lipinski definition) is 2. The van der Waals surface area contributed by atoms with Crippen LogP contribution in [-0.4, -0.2) is 19.0 Å². The van der Waals surface area contributed by atoms with Crippen molar-refractivity contribution in [2.75, 3.05) is 12.4 Å². The van der Waals surface area contributed by atoms with Crippen LogP contribution in [0.4, 0.5) is 5.00 Å². The van der Waals surface area contributed by atoms with Crippen LogP contribution in [0.5, 0.6) is 11.5 Å². The number of amides is 1. The summed E-state index contributed by atoms with van der Waals surface area (Å²) in [5.74, 6) is 0.749. The Kier molecular flexibility index (Phi) is 4.94. The first-order chi connectivity index (χ1) is 15.0. The molecule has 2 aromatic heterocycles. The number of thiophene rings is 1. The third-order valence-electron chi connectivity index (χ3n) is 5.74. The quantitative estimate of drug-likeness (QED) is 0.459. The largest absolute Gasteiger partial charge is 0.493 e. The number of carbonyl (C=O) groups is 2. The number of furan rings is 1. The predicted octanol–water partition coefficient (Wildman–Crippen LogP) is 4.55. The van der Waals surface area contributed by atoms with Crippen molar-refractivity contribution in [1.82, 2.24) is 5.32 Å². The van der Waals surface area contributed by atoms with Gasteiger partial charge in [0, 0.05) is 4.88 Å². The van der Waals surface area contributed by atoms with Crippen molar-refractivity contribution < 1.29 is 23.5 Å². The summed E-state index contributed by atoms with van der Waals surface area (Å²) in [5, 5.41) is 7.42. The van der Waals surface area contributed by atoms with E-state index in [4.69, 9.17) is 13.9 Å². The van der Waals surface area contributed by atoms with Crippen molar-refractivity contribution >= 4 is 28.2 Å². The molecule has 31 heavy (non-hydrogen) atoms. The monoisotopic (exact) mass is 438 g/mol. The minimum absolute atomic E-state index is 0.0573. The van der Waals surface area contributed by atoms with Gasteiger partial charge in [0.25, 0.3) is 5.91 Å². The minimum Gasteiger partial charge on any atom is -0.493 e. The van der Waals surface area contributed by atoms with Gasteiger partial charge >= 0.3 is 5.97 Å². The summed E-state index contributed by atoms with van der Waals surface area (Å²) in [7, 11) is 1.50. The number of methoxy groups -OCH3 is 1. The normalized spacial score (nSPS) is 19.6. The fourth-order valence-corrected chi connectivity index (χ4v) is 5.56. The molecule has 0 spiro atoms. The smallest absolute Gasteiger partial charge is 0.379 e. The molecule has 1 aliphatic heterocycles. The highest BCUT2D eigenvalue weighted by molar-refractivity contribution is 7.16. The minimum atomic E-state index is -0.608. The lowest BCUT2D eigenvalue weighted by Gasteiger charge is -2.27. The van der Waals surface area contributed by atoms with E-state index in [1.807, 2.05) is 0 Å². The second-order valence-electron chi connectivity index (χ2n) is 7.88. The Morgan fingerprint density at radius 3 is 2.87 bits per heavy atom. The van der Waals surface area contributed by atoms with Crippen LogP contribution in [0.3, 0.4) is 0 Å². The van der Waals surface area contributed by atoms with Gasteiger partial charge in [-0.05, 0) is 60.6 Å². The summed E-state index contributed by atoms with van der Waals surface area (Å²) in [6, 6.07) is 8.35. The van der Waals surface area contributed by atoms with Gasteiger partial charge in [-0.25, -0.2) is 4.79 Å². The molecule has 160 valence electrons. The van der Waals surface area contributed by atoms with Crippen LogP contribution >= 0.6 is 11.3 Å². The maximum absolute atomic E-state index is 12.9. The van der Waals surface area contributed by atoms with Gasteiger partial charge in [-0.2, -0.15) is 0 Å². The zero-order valence-corrected chi connectivity index (χ0v) is 18.0. The number of fused-ring (bicyclic) bond motifs is 3. The van der Waals surface area contributed by atoms with Crippen LogP contribution < -0.4 is 20.1 Å². The lowest BCUT2D eigenvalue weighted by molar-refractivity contribution is 0.0696. The fraction of sp³-hybridized carbons (Fsp3) is 0.304. The lowest BCUT2D eigenvalue weighted by atomic mass is 9.88. The van der Waals surface area contributed by atoms with Gasteiger partial charge in [0.1, 0.15) is 11.2 Å². The third kappa shape index (κ3) is 3.57. The molecular weight excluding hydrogens is 416 g/mol. The van der Waals surface area contributed by atoms with Crippen LogP contribution in [0.25, 0.3) is 0 Å². The Balaban J connectivity index is 1.40. The van der Waals surface area contributed by atoms with E-state index in [0.717, 1.165) is 35.4 Å². The zero-order chi connectivity index (χ0) is 21.5. The molecule has 3 heterocycles. The molecule has 2 atom stereocenters. The average Bonchev–Trinajstić information content (AvgIpc) is 3.41. The fourth-order valence-electron chi connectivity index (χ4n) is 4.12. The van der Waals surface area contributed by atoms with Crippen molar-refractivity contribution in [2.24, 2.45) is 5.92 Å². The molecule has 0 radical (unpaired) electrons. The molecule has 1 aromatic carbocycles. The summed E-state index contributed by atoms with van der Waals surface area (Å²) in [6.45, 7) is 2.25. The third-order valence-corrected chi connectivity index (χ3v) is 6.92. The second kappa shape index (κ2) is 7.77. The first-order valence-corrected chi connectivity index (χ1v) is 11.0. The van der Waals surface area contributed by atoms with Crippen molar-refractivity contribution in [3.63, 3.8) is 0 Å². The van der Waals surface area contributed by atoms with Crippen LogP contribution in [-0.2, 0) is 12.8 Å². The SMILES string of the molecule is COc1cc([C@@H]2NC(=O)c3c(sc4c3CC[C@@H](C)C4)N2)ccc1OC(=O)c1ccco1. The summed E-state index contributed by atoms with van der Waals surface area (Å²) >= 11 is 1.68. The van der Waals surface area contributed by atoms with E-state index in [9.17, 15) is 9.59 Å². The van der Waals surface area contributed by atoms with Crippen LogP contribution in [0.15, 0.2) is 41.0 Å². The van der Waals surface area contributed by atoms with Gasteiger partial charge < -0.3 is 24.5 Å². The van der Waals surface area contributed by atoms with Crippen molar-refractivity contribution in [2.45, 2.75) is 32.4 Å². The Hall–Kier alpha value is -3.26. The Morgan fingerprint density at radius 2 is 2.10 bits per heavy atom. The summed E-state index contributed by atoms with van der Waals surface area (Å²) in [4.78, 5) is 26.4. The average molecular weight is 439 g/mol. The predicted molar refractivity (Wildman–Crippen MR) is 116 cm³/mol. The number of rotatable bonds is 4. The molecule has 7 nitrogen and oxygen atoms in total. The number of anilines is 1. The molecule has 0 fully saturated rings. The molecule has 1 amide bonds. The molecule has 8 heteroatoms. The Bertz CT molecular complexity index is 1150. The summed E-state index contributed by atoms with van der Waals surface area (Å²) < 4.78 is 15.9. The maximum atomic E-state index is 12.9. The molecule has 0 saturated carbocycles. The van der Waals surface area contributed by atoms with Gasteiger partial charge in [-0.3, -0.25) is 4.79 Å². The van der Waals surface area contributed by atoms with E-state index in [-0.39, 0.29) is 17.4 Å². The van der Waals surface area contributed by atoms with Gasteiger partial charge in [-0.15, -0.1) is 11.3 Å². The molecule has 3 aromatic rings. The van der Waals surface area contributed by atoms with Crippen molar-refractivity contribution in [3.8, 4) is 11.5 Å². The topological polar surface area (TPSA) is 89.8 Å². The maximum Gasteiger partial charge on any atom is 0.379 e. The van der Waals surface area contributed by atoms with E-state index in [0.29, 0.717) is 11.7 Å². The number of carbonyl (C=O) groups excluding carboxylic acids is 2. The standard InChI is InChI=1S/C23H22N2O5S/c1-12-5-7-14-18(10-12)31-22-19(14)21(26)24-20(25-22)13-6-8-15(17(11-13)28-2)30-23(27)16-4-3-9-29-16/h3-4,6,8-9,11-12,20,25H,5,7,10H2,1-2H3,(H,24,26)/t12-,20-/m1/s1. The molecular formula is C23H22N2O5S. The molecule has 2 aliphatic rings. The van der Waals surface area contributed by atoms with Crippen LogP contribution in [0.1, 0.15) is 56.4 Å². The van der Waals surface area contributed by atoms with Gasteiger partial charge in [0.05, 0.1) is 18.9 Å². The second-order valence-corrected chi connectivity index (χ2v) is 8.99. The van der Waals surface area contributed by atoms with Crippen LogP contribution in [0.2, 0.25) is 0 Å². The lowest BCUT2D eigenvalue weighted by Crippen LogP contribution is -2.38. The van der Waals surface area contributed by atoms with Gasteiger partial charge in [-0.1, -0.05) is 13.0 Å². The van der Waals surface area contributed by atoms with Crippen molar-refractivity contribution in [1.29, 1.82) is 0 Å². The molecule has 0 unspecified atom stereocenters. The molecule has 5 rings (SSSR count). The van der Waals surface area contributed by atoms with E-state index < -0.39 is 12.1 Å². The van der Waals surface area contributed by atoms with Gasteiger partial charge in [0.15, 0.2) is 11.5 Å². The van der Waals surface area contributed by atoms with Crippen molar-refractivity contribution in [3.05, 3.63) is 63.9 Å². The zero-order valence-electron chi connectivity index (χ0n) is 17.2. The summed E-state index contributed by atoms with van der Waals surface area (Å²) in [6.07, 6.45) is 4.09. The highest BCUT2D eigenvalue weighted by Crippen LogP contribution is 2.43. The number of esters is 1. The first-order valence-electron chi connectivity index (χ1n) is 10.2. The van der Waals surface area contributed by atoms with E-state index >= 15 is 0 Å². The number of benzene rings is 1. The molecule has 2 N–H and O–H groups in total. The molecule has 1 aliphatic carbocycles.